The highest BCUT2D eigenvalue weighted by Gasteiger charge is 2.05. The van der Waals surface area contributed by atoms with E-state index in [0.29, 0.717) is 5.78 Å². The number of carbonyl (C=O) groups is 1. The summed E-state index contributed by atoms with van der Waals surface area (Å²) < 4.78 is 1.87. The largest absolute Gasteiger partial charge is 0.323 e. The van der Waals surface area contributed by atoms with Gasteiger partial charge in [0.2, 0.25) is 11.7 Å². The van der Waals surface area contributed by atoms with Crippen molar-refractivity contribution < 1.29 is 4.79 Å². The van der Waals surface area contributed by atoms with Crippen molar-refractivity contribution in [2.75, 3.05) is 5.32 Å². The van der Waals surface area contributed by atoms with E-state index in [-0.39, 0.29) is 5.91 Å². The quantitative estimate of drug-likeness (QED) is 0.749. The highest BCUT2D eigenvalue weighted by Crippen LogP contribution is 2.20. The molecule has 0 aliphatic heterocycles. The van der Waals surface area contributed by atoms with Crippen molar-refractivity contribution in [1.29, 1.82) is 0 Å². The van der Waals surface area contributed by atoms with Crippen molar-refractivity contribution in [1.82, 2.24) is 14.4 Å². The Morgan fingerprint density at radius 1 is 1.29 bits per heavy atom. The summed E-state index contributed by atoms with van der Waals surface area (Å²) >= 11 is 0. The maximum absolute atomic E-state index is 11.5. The number of allylic oxidation sites excluding steroid dienone is 1. The second kappa shape index (κ2) is 5.58. The Morgan fingerprint density at radius 3 is 2.81 bits per heavy atom. The van der Waals surface area contributed by atoms with Gasteiger partial charge in [-0.05, 0) is 31.2 Å². The number of fused-ring (bicyclic) bond motifs is 1. The van der Waals surface area contributed by atoms with Crippen molar-refractivity contribution in [3.05, 3.63) is 61.1 Å². The van der Waals surface area contributed by atoms with Crippen LogP contribution in [0.4, 0.5) is 5.69 Å². The number of anilines is 1. The molecule has 104 valence electrons. The molecule has 0 spiro atoms. The van der Waals surface area contributed by atoms with Crippen molar-refractivity contribution >= 4 is 17.4 Å². The third-order valence-corrected chi connectivity index (χ3v) is 3.00. The number of rotatable bonds is 3. The molecule has 0 aliphatic rings. The predicted molar refractivity (Wildman–Crippen MR) is 81.9 cm³/mol. The molecule has 3 rings (SSSR count). The Kier molecular flexibility index (Phi) is 3.47. The average Bonchev–Trinajstić information content (AvgIpc) is 2.92. The number of aromatic nitrogens is 3. The minimum absolute atomic E-state index is 0.137. The number of amides is 1. The lowest BCUT2D eigenvalue weighted by molar-refractivity contribution is -0.111. The molecule has 0 bridgehead atoms. The minimum Gasteiger partial charge on any atom is -0.323 e. The first kappa shape index (κ1) is 13.1. The smallest absolute Gasteiger partial charge is 0.248 e. The lowest BCUT2D eigenvalue weighted by atomic mass is 10.1. The third-order valence-electron chi connectivity index (χ3n) is 3.00. The van der Waals surface area contributed by atoms with E-state index < -0.39 is 0 Å². The normalized spacial score (nSPS) is 11.1. The van der Waals surface area contributed by atoms with E-state index in [2.05, 4.69) is 15.3 Å². The van der Waals surface area contributed by atoms with Gasteiger partial charge >= 0.3 is 0 Å². The van der Waals surface area contributed by atoms with Crippen LogP contribution in [0.3, 0.4) is 0 Å². The molecule has 0 saturated carbocycles. The lowest BCUT2D eigenvalue weighted by Crippen LogP contribution is -2.07. The van der Waals surface area contributed by atoms with E-state index in [9.17, 15) is 4.79 Å². The summed E-state index contributed by atoms with van der Waals surface area (Å²) in [7, 11) is 0. The van der Waals surface area contributed by atoms with E-state index in [4.69, 9.17) is 0 Å². The summed E-state index contributed by atoms with van der Waals surface area (Å²) in [6.07, 6.45) is 8.74. The number of hydrogen-bond acceptors (Lipinski definition) is 3. The summed E-state index contributed by atoms with van der Waals surface area (Å²) in [5.41, 5.74) is 2.58. The Hall–Kier alpha value is -2.95. The molecule has 0 fully saturated rings. The molecule has 0 radical (unpaired) electrons. The lowest BCUT2D eigenvalue weighted by Gasteiger charge is -2.03. The fourth-order valence-electron chi connectivity index (χ4n) is 2.03. The van der Waals surface area contributed by atoms with Crippen LogP contribution in [0.5, 0.6) is 0 Å². The van der Waals surface area contributed by atoms with Crippen LogP contribution in [0.1, 0.15) is 6.92 Å². The number of carbonyl (C=O) groups excluding carboxylic acids is 1. The zero-order chi connectivity index (χ0) is 14.7. The molecule has 0 atom stereocenters. The fourth-order valence-corrected chi connectivity index (χ4v) is 2.03. The van der Waals surface area contributed by atoms with Gasteiger partial charge in [0.25, 0.3) is 0 Å². The summed E-state index contributed by atoms with van der Waals surface area (Å²) in [5, 5.41) is 2.78. The van der Waals surface area contributed by atoms with Gasteiger partial charge in [-0.15, -0.1) is 0 Å². The van der Waals surface area contributed by atoms with Crippen LogP contribution in [-0.2, 0) is 4.79 Å². The maximum atomic E-state index is 11.5. The molecule has 3 aromatic rings. The van der Waals surface area contributed by atoms with Crippen molar-refractivity contribution in [2.45, 2.75) is 6.92 Å². The Labute approximate surface area is 122 Å². The molecule has 21 heavy (non-hydrogen) atoms. The molecular weight excluding hydrogens is 264 g/mol. The van der Waals surface area contributed by atoms with Gasteiger partial charge in [0.15, 0.2) is 0 Å². The third kappa shape index (κ3) is 2.81. The summed E-state index contributed by atoms with van der Waals surface area (Å²) in [6.45, 7) is 1.81. The molecule has 2 heterocycles. The van der Waals surface area contributed by atoms with Crippen LogP contribution < -0.4 is 5.32 Å². The molecule has 1 N–H and O–H groups in total. The molecule has 1 aromatic carbocycles. The monoisotopic (exact) mass is 278 g/mol. The SMILES string of the molecule is C/C=C\C(=O)Nc1ccc(-c2cn3cccnc3n2)cc1. The number of nitrogens with zero attached hydrogens (tertiary/aromatic N) is 3. The van der Waals surface area contributed by atoms with E-state index in [1.165, 1.54) is 6.08 Å². The molecule has 0 saturated heterocycles. The molecule has 0 unspecified atom stereocenters. The zero-order valence-electron chi connectivity index (χ0n) is 11.5. The number of benzene rings is 1. The predicted octanol–water partition coefficient (Wildman–Crippen LogP) is 2.91. The van der Waals surface area contributed by atoms with Crippen molar-refractivity contribution in [3.8, 4) is 11.3 Å². The Balaban J connectivity index is 1.85. The van der Waals surface area contributed by atoms with E-state index in [0.717, 1.165) is 16.9 Å². The van der Waals surface area contributed by atoms with Gasteiger partial charge in [-0.3, -0.25) is 9.20 Å². The zero-order valence-corrected chi connectivity index (χ0v) is 11.5. The van der Waals surface area contributed by atoms with Crippen molar-refractivity contribution in [2.24, 2.45) is 0 Å². The molecule has 2 aromatic heterocycles. The Morgan fingerprint density at radius 2 is 2.10 bits per heavy atom. The second-order valence-electron chi connectivity index (χ2n) is 4.52. The van der Waals surface area contributed by atoms with E-state index in [1.54, 1.807) is 19.2 Å². The van der Waals surface area contributed by atoms with Gasteiger partial charge < -0.3 is 5.32 Å². The summed E-state index contributed by atoms with van der Waals surface area (Å²) in [6, 6.07) is 9.42. The summed E-state index contributed by atoms with van der Waals surface area (Å²) in [5.74, 6) is 0.528. The topological polar surface area (TPSA) is 59.3 Å². The first-order chi connectivity index (χ1) is 10.3. The first-order valence-electron chi connectivity index (χ1n) is 6.60. The van der Waals surface area contributed by atoms with Crippen LogP contribution in [-0.4, -0.2) is 20.3 Å². The average molecular weight is 278 g/mol. The van der Waals surface area contributed by atoms with E-state index in [1.807, 2.05) is 47.1 Å². The molecule has 5 nitrogen and oxygen atoms in total. The van der Waals surface area contributed by atoms with Gasteiger partial charge in [0, 0.05) is 29.8 Å². The molecule has 5 heteroatoms. The van der Waals surface area contributed by atoms with Gasteiger partial charge in [-0.25, -0.2) is 9.97 Å². The standard InChI is InChI=1S/C16H14N4O/c1-2-4-15(21)18-13-7-5-12(6-8-13)14-11-20-10-3-9-17-16(20)19-14/h2-11H,1H3,(H,18,21)/b4-2-. The summed E-state index contributed by atoms with van der Waals surface area (Å²) in [4.78, 5) is 20.1. The number of hydrogen-bond donors (Lipinski definition) is 1. The second-order valence-corrected chi connectivity index (χ2v) is 4.52. The van der Waals surface area contributed by atoms with Crippen LogP contribution in [0.15, 0.2) is 61.1 Å². The molecule has 1 amide bonds. The van der Waals surface area contributed by atoms with Gasteiger partial charge in [-0.2, -0.15) is 0 Å². The van der Waals surface area contributed by atoms with E-state index >= 15 is 0 Å². The minimum atomic E-state index is -0.137. The van der Waals surface area contributed by atoms with Gasteiger partial charge in [-0.1, -0.05) is 18.2 Å². The van der Waals surface area contributed by atoms with Crippen LogP contribution in [0.25, 0.3) is 17.0 Å². The van der Waals surface area contributed by atoms with Gasteiger partial charge in [0.05, 0.1) is 5.69 Å². The number of imidazole rings is 1. The van der Waals surface area contributed by atoms with Gasteiger partial charge in [0.1, 0.15) is 0 Å². The van der Waals surface area contributed by atoms with Crippen LogP contribution >= 0.6 is 0 Å². The first-order valence-corrected chi connectivity index (χ1v) is 6.60. The molecular formula is C16H14N4O. The Bertz CT molecular complexity index is 770. The van der Waals surface area contributed by atoms with Crippen molar-refractivity contribution in [3.63, 3.8) is 0 Å². The number of nitrogens with one attached hydrogen (secondary N) is 1. The highest BCUT2D eigenvalue weighted by molar-refractivity contribution is 5.99. The molecule has 0 aliphatic carbocycles. The fraction of sp³-hybridized carbons (Fsp3) is 0.0625. The van der Waals surface area contributed by atoms with Crippen LogP contribution in [0, 0.1) is 0 Å². The van der Waals surface area contributed by atoms with Crippen LogP contribution in [0.2, 0.25) is 0 Å². The maximum Gasteiger partial charge on any atom is 0.248 e. The highest BCUT2D eigenvalue weighted by atomic mass is 16.1.